The first-order valence-corrected chi connectivity index (χ1v) is 12.1. The van der Waals surface area contributed by atoms with Gasteiger partial charge in [0.1, 0.15) is 11.8 Å². The van der Waals surface area contributed by atoms with Crippen molar-refractivity contribution in [3.63, 3.8) is 0 Å². The van der Waals surface area contributed by atoms with Crippen molar-refractivity contribution in [2.75, 3.05) is 51.3 Å². The zero-order valence-electron chi connectivity index (χ0n) is 19.7. The minimum atomic E-state index is -1.02. The topological polar surface area (TPSA) is 58.0 Å². The third-order valence-electron chi connectivity index (χ3n) is 6.26. The normalized spacial score (nSPS) is 15.5. The molecular formula is C26H31ClFN3O3. The molecule has 182 valence electrons. The van der Waals surface area contributed by atoms with E-state index in [1.807, 2.05) is 30.3 Å². The molecule has 1 aromatic heterocycles. The monoisotopic (exact) mass is 487 g/mol. The molecule has 1 saturated heterocycles. The molecular weight excluding hydrogens is 457 g/mol. The van der Waals surface area contributed by atoms with E-state index in [9.17, 15) is 9.18 Å². The van der Waals surface area contributed by atoms with Crippen molar-refractivity contribution < 1.29 is 18.3 Å². The molecule has 0 spiro atoms. The van der Waals surface area contributed by atoms with Crippen molar-refractivity contribution in [1.82, 2.24) is 10.2 Å². The molecule has 1 amide bonds. The first kappa shape index (κ1) is 24.4. The highest BCUT2D eigenvalue weighted by atomic mass is 35.5. The summed E-state index contributed by atoms with van der Waals surface area (Å²) in [5.41, 5.74) is 2.82. The van der Waals surface area contributed by atoms with E-state index in [0.717, 1.165) is 49.2 Å². The van der Waals surface area contributed by atoms with Crippen LogP contribution in [0, 0.1) is 0 Å². The number of benzene rings is 2. The Bertz CT molecular complexity index is 1090. The lowest BCUT2D eigenvalue weighted by Gasteiger charge is -2.37. The van der Waals surface area contributed by atoms with Gasteiger partial charge in [0.25, 0.3) is 5.91 Å². The number of anilines is 1. The number of alkyl halides is 1. The number of nitrogens with one attached hydrogen (secondary N) is 1. The molecule has 3 aromatic rings. The van der Waals surface area contributed by atoms with Crippen LogP contribution < -0.4 is 15.0 Å². The molecule has 6 nitrogen and oxygen atoms in total. The van der Waals surface area contributed by atoms with Gasteiger partial charge in [-0.25, -0.2) is 4.39 Å². The molecule has 8 heteroatoms. The number of furan rings is 1. The van der Waals surface area contributed by atoms with Crippen molar-refractivity contribution in [2.45, 2.75) is 25.9 Å². The predicted molar refractivity (Wildman–Crippen MR) is 134 cm³/mol. The maximum Gasteiger partial charge on any atom is 0.287 e. The van der Waals surface area contributed by atoms with Gasteiger partial charge in [-0.1, -0.05) is 36.7 Å². The molecule has 4 rings (SSSR count). The zero-order chi connectivity index (χ0) is 24.1. The highest BCUT2D eigenvalue weighted by Gasteiger charge is 2.23. The molecule has 1 aliphatic rings. The zero-order valence-corrected chi connectivity index (χ0v) is 20.4. The van der Waals surface area contributed by atoms with Gasteiger partial charge in [0.15, 0.2) is 11.5 Å². The number of nitrogens with zero attached hydrogens (tertiary/aromatic N) is 2. The number of carbonyl (C=O) groups is 1. The van der Waals surface area contributed by atoms with E-state index < -0.39 is 6.17 Å². The minimum absolute atomic E-state index is 0.246. The van der Waals surface area contributed by atoms with Gasteiger partial charge in [-0.2, -0.15) is 0 Å². The number of methoxy groups -OCH3 is 1. The van der Waals surface area contributed by atoms with E-state index in [1.54, 1.807) is 13.2 Å². The molecule has 2 aromatic carbocycles. The Kier molecular flexibility index (Phi) is 7.95. The van der Waals surface area contributed by atoms with Crippen molar-refractivity contribution in [1.29, 1.82) is 0 Å². The van der Waals surface area contributed by atoms with E-state index >= 15 is 0 Å². The summed E-state index contributed by atoms with van der Waals surface area (Å²) in [5.74, 6) is 0.616. The number of rotatable bonds is 9. The molecule has 1 N–H and O–H groups in total. The van der Waals surface area contributed by atoms with E-state index in [-0.39, 0.29) is 24.6 Å². The summed E-state index contributed by atoms with van der Waals surface area (Å²) in [6.07, 6.45) is 0.135. The first-order chi connectivity index (χ1) is 16.5. The third-order valence-corrected chi connectivity index (χ3v) is 6.54. The van der Waals surface area contributed by atoms with E-state index in [1.165, 1.54) is 0 Å². The van der Waals surface area contributed by atoms with Crippen LogP contribution in [0.4, 0.5) is 10.1 Å². The van der Waals surface area contributed by atoms with E-state index in [0.29, 0.717) is 22.9 Å². The van der Waals surface area contributed by atoms with Crippen molar-refractivity contribution in [2.24, 2.45) is 0 Å². The highest BCUT2D eigenvalue weighted by molar-refractivity contribution is 6.32. The second kappa shape index (κ2) is 11.1. The standard InChI is InChI=1S/C26H31ClFN3O3/c1-3-18-14-21(27)25(33-2)22(15-18)31-12-10-30(11-13-31)17-20(28)8-9-29-26(32)24-16-19-6-4-5-7-23(19)34-24/h4-7,14-16,20H,3,8-13,17H2,1-2H3,(H,29,32). The molecule has 1 fully saturated rings. The average molecular weight is 488 g/mol. The molecule has 0 aliphatic carbocycles. The van der Waals surface area contributed by atoms with Gasteiger partial charge < -0.3 is 19.4 Å². The minimum Gasteiger partial charge on any atom is -0.493 e. The number of amides is 1. The lowest BCUT2D eigenvalue weighted by molar-refractivity contribution is 0.0922. The molecule has 34 heavy (non-hydrogen) atoms. The molecule has 0 radical (unpaired) electrons. The first-order valence-electron chi connectivity index (χ1n) is 11.7. The average Bonchev–Trinajstić information content (AvgIpc) is 3.28. The van der Waals surface area contributed by atoms with Crippen LogP contribution in [0.15, 0.2) is 46.9 Å². The van der Waals surface area contributed by atoms with Gasteiger partial charge in [0, 0.05) is 44.7 Å². The number of hydrogen-bond donors (Lipinski definition) is 1. The summed E-state index contributed by atoms with van der Waals surface area (Å²) < 4.78 is 25.7. The Balaban J connectivity index is 1.23. The maximum atomic E-state index is 14.6. The van der Waals surface area contributed by atoms with Gasteiger partial charge in [-0.3, -0.25) is 9.69 Å². The summed E-state index contributed by atoms with van der Waals surface area (Å²) in [4.78, 5) is 16.7. The molecule has 2 heterocycles. The van der Waals surface area contributed by atoms with Gasteiger partial charge in [0.2, 0.25) is 0 Å². The SMILES string of the molecule is CCc1cc(Cl)c(OC)c(N2CCN(CC(F)CCNC(=O)c3cc4ccccc4o3)CC2)c1. The quantitative estimate of drug-likeness (QED) is 0.463. The van der Waals surface area contributed by atoms with E-state index in [4.69, 9.17) is 20.8 Å². The number of para-hydroxylation sites is 1. The lowest BCUT2D eigenvalue weighted by atomic mass is 10.1. The largest absolute Gasteiger partial charge is 0.493 e. The summed E-state index contributed by atoms with van der Waals surface area (Å²) in [5, 5.41) is 4.25. The third kappa shape index (κ3) is 5.65. The smallest absolute Gasteiger partial charge is 0.287 e. The molecule has 0 saturated carbocycles. The van der Waals surface area contributed by atoms with Crippen molar-refractivity contribution in [3.8, 4) is 5.75 Å². The maximum absolute atomic E-state index is 14.6. The molecule has 1 aliphatic heterocycles. The Hall–Kier alpha value is -2.77. The lowest BCUT2D eigenvalue weighted by Crippen LogP contribution is -2.48. The van der Waals surface area contributed by atoms with Crippen LogP contribution in [-0.2, 0) is 6.42 Å². The van der Waals surface area contributed by atoms with Gasteiger partial charge in [-0.15, -0.1) is 0 Å². The second-order valence-electron chi connectivity index (χ2n) is 8.56. The Labute approximate surface area is 204 Å². The fraction of sp³-hybridized carbons (Fsp3) is 0.423. The van der Waals surface area contributed by atoms with Crippen LogP contribution in [-0.4, -0.2) is 63.4 Å². The summed E-state index contributed by atoms with van der Waals surface area (Å²) in [6, 6.07) is 13.2. The Morgan fingerprint density at radius 3 is 2.68 bits per heavy atom. The van der Waals surface area contributed by atoms with Crippen LogP contribution >= 0.6 is 11.6 Å². The number of aryl methyl sites for hydroxylation is 1. The van der Waals surface area contributed by atoms with Gasteiger partial charge in [-0.05, 0) is 42.7 Å². The number of fused-ring (bicyclic) bond motifs is 1. The number of carbonyl (C=O) groups excluding carboxylic acids is 1. The Morgan fingerprint density at radius 1 is 1.21 bits per heavy atom. The van der Waals surface area contributed by atoms with Crippen LogP contribution in [0.2, 0.25) is 5.02 Å². The van der Waals surface area contributed by atoms with Gasteiger partial charge >= 0.3 is 0 Å². The number of halogens is 2. The highest BCUT2D eigenvalue weighted by Crippen LogP contribution is 2.37. The number of piperazine rings is 1. The summed E-state index contributed by atoms with van der Waals surface area (Å²) >= 11 is 6.41. The molecule has 1 atom stereocenters. The molecule has 1 unspecified atom stereocenters. The number of hydrogen-bond acceptors (Lipinski definition) is 5. The van der Waals surface area contributed by atoms with Crippen LogP contribution in [0.25, 0.3) is 11.0 Å². The van der Waals surface area contributed by atoms with Crippen LogP contribution in [0.3, 0.4) is 0 Å². The predicted octanol–water partition coefficient (Wildman–Crippen LogP) is 4.94. The van der Waals surface area contributed by atoms with Gasteiger partial charge in [0.05, 0.1) is 17.8 Å². The van der Waals surface area contributed by atoms with E-state index in [2.05, 4.69) is 28.1 Å². The molecule has 0 bridgehead atoms. The fourth-order valence-corrected chi connectivity index (χ4v) is 4.65. The van der Waals surface area contributed by atoms with Crippen molar-refractivity contribution >= 4 is 34.2 Å². The second-order valence-corrected chi connectivity index (χ2v) is 8.97. The summed E-state index contributed by atoms with van der Waals surface area (Å²) in [7, 11) is 1.63. The Morgan fingerprint density at radius 2 is 1.97 bits per heavy atom. The van der Waals surface area contributed by atoms with Crippen LogP contribution in [0.5, 0.6) is 5.75 Å². The number of ether oxygens (including phenoxy) is 1. The van der Waals surface area contributed by atoms with Crippen LogP contribution in [0.1, 0.15) is 29.5 Å². The summed E-state index contributed by atoms with van der Waals surface area (Å²) in [6.45, 7) is 5.76. The fourth-order valence-electron chi connectivity index (χ4n) is 4.34. The van der Waals surface area contributed by atoms with Crippen molar-refractivity contribution in [3.05, 3.63) is 58.8 Å².